The van der Waals surface area contributed by atoms with Gasteiger partial charge in [-0.05, 0) is 0 Å². The van der Waals surface area contributed by atoms with Gasteiger partial charge in [-0.2, -0.15) is 0 Å². The van der Waals surface area contributed by atoms with Crippen molar-refractivity contribution in [2.75, 3.05) is 46.0 Å². The van der Waals surface area contributed by atoms with Crippen LogP contribution in [0.25, 0.3) is 0 Å². The van der Waals surface area contributed by atoms with Crippen LogP contribution in [0.1, 0.15) is 0 Å². The number of hydrogen-bond acceptors (Lipinski definition) is 5. The quantitative estimate of drug-likeness (QED) is 0.526. The van der Waals surface area contributed by atoms with Crippen LogP contribution in [0.5, 0.6) is 0 Å². The summed E-state index contributed by atoms with van der Waals surface area (Å²) >= 11 is 0. The zero-order valence-electron chi connectivity index (χ0n) is 9.33. The molecule has 0 spiro atoms. The highest BCUT2D eigenvalue weighted by Gasteiger charge is 2.21. The van der Waals surface area contributed by atoms with Crippen LogP contribution in [-0.2, 0) is 14.3 Å². The summed E-state index contributed by atoms with van der Waals surface area (Å²) < 4.78 is 10.7. The average Bonchev–Trinajstić information content (AvgIpc) is 2.38. The van der Waals surface area contributed by atoms with Gasteiger partial charge in [-0.15, -0.1) is 0 Å². The van der Waals surface area contributed by atoms with Crippen LogP contribution in [-0.4, -0.2) is 64.1 Å². The lowest BCUT2D eigenvalue weighted by atomic mass is 10.2. The minimum absolute atomic E-state index is 0.00532. The standard InChI is InChI=1S/C10H19N3O3/c14-10(9-6-11-1-2-12-9)13-5-8-7-15-3-4-16-8/h8-9,11-12H,1-7H2,(H,13,14). The Kier molecular flexibility index (Phi) is 4.53. The highest BCUT2D eigenvalue weighted by molar-refractivity contribution is 5.82. The number of nitrogens with one attached hydrogen (secondary N) is 3. The van der Waals surface area contributed by atoms with E-state index in [1.54, 1.807) is 0 Å². The third-order valence-electron chi connectivity index (χ3n) is 2.75. The number of carbonyl (C=O) groups is 1. The zero-order valence-corrected chi connectivity index (χ0v) is 9.33. The van der Waals surface area contributed by atoms with Gasteiger partial charge in [-0.1, -0.05) is 0 Å². The van der Waals surface area contributed by atoms with Crippen molar-refractivity contribution in [1.82, 2.24) is 16.0 Å². The fourth-order valence-electron chi connectivity index (χ4n) is 1.83. The van der Waals surface area contributed by atoms with Crippen molar-refractivity contribution in [2.45, 2.75) is 12.1 Å². The molecule has 2 heterocycles. The topological polar surface area (TPSA) is 71.6 Å². The summed E-state index contributed by atoms with van der Waals surface area (Å²) in [7, 11) is 0. The second-order valence-electron chi connectivity index (χ2n) is 4.02. The van der Waals surface area contributed by atoms with E-state index in [0.717, 1.165) is 13.1 Å². The third-order valence-corrected chi connectivity index (χ3v) is 2.75. The Bertz CT molecular complexity index is 225. The van der Waals surface area contributed by atoms with E-state index < -0.39 is 0 Å². The summed E-state index contributed by atoms with van der Waals surface area (Å²) in [5, 5.41) is 9.21. The second kappa shape index (κ2) is 6.15. The van der Waals surface area contributed by atoms with Crippen molar-refractivity contribution < 1.29 is 14.3 Å². The van der Waals surface area contributed by atoms with Crippen molar-refractivity contribution in [1.29, 1.82) is 0 Å². The summed E-state index contributed by atoms with van der Waals surface area (Å²) in [4.78, 5) is 11.7. The molecule has 16 heavy (non-hydrogen) atoms. The molecule has 6 nitrogen and oxygen atoms in total. The largest absolute Gasteiger partial charge is 0.376 e. The number of hydrogen-bond donors (Lipinski definition) is 3. The number of ether oxygens (including phenoxy) is 2. The number of rotatable bonds is 3. The Morgan fingerprint density at radius 1 is 1.38 bits per heavy atom. The van der Waals surface area contributed by atoms with Crippen LogP contribution in [0, 0.1) is 0 Å². The molecule has 0 saturated carbocycles. The summed E-state index contributed by atoms with van der Waals surface area (Å²) in [5.41, 5.74) is 0. The first-order valence-electron chi connectivity index (χ1n) is 5.77. The van der Waals surface area contributed by atoms with Crippen LogP contribution in [0.15, 0.2) is 0 Å². The first-order valence-corrected chi connectivity index (χ1v) is 5.77. The summed E-state index contributed by atoms with van der Waals surface area (Å²) in [5.74, 6) is 0.0290. The van der Waals surface area contributed by atoms with Crippen LogP contribution in [0.3, 0.4) is 0 Å². The number of piperazine rings is 1. The van der Waals surface area contributed by atoms with Crippen molar-refractivity contribution in [2.24, 2.45) is 0 Å². The predicted molar refractivity (Wildman–Crippen MR) is 58.2 cm³/mol. The lowest BCUT2D eigenvalue weighted by Gasteiger charge is -2.26. The van der Waals surface area contributed by atoms with E-state index in [1.807, 2.05) is 0 Å². The molecule has 2 atom stereocenters. The molecule has 0 radical (unpaired) electrons. The normalized spacial score (nSPS) is 31.0. The Hall–Kier alpha value is -0.690. The maximum Gasteiger partial charge on any atom is 0.238 e. The van der Waals surface area contributed by atoms with Crippen molar-refractivity contribution in [3.8, 4) is 0 Å². The SMILES string of the molecule is O=C(NCC1COCCO1)C1CNCCN1. The summed E-state index contributed by atoms with van der Waals surface area (Å²) in [6.45, 7) is 4.80. The van der Waals surface area contributed by atoms with Gasteiger partial charge in [0.2, 0.25) is 5.91 Å². The fraction of sp³-hybridized carbons (Fsp3) is 0.900. The maximum atomic E-state index is 11.7. The van der Waals surface area contributed by atoms with E-state index >= 15 is 0 Å². The molecule has 3 N–H and O–H groups in total. The van der Waals surface area contributed by atoms with E-state index in [-0.39, 0.29) is 18.1 Å². The Balaban J connectivity index is 1.65. The molecule has 2 rings (SSSR count). The molecule has 1 amide bonds. The molecular weight excluding hydrogens is 210 g/mol. The molecule has 0 aromatic carbocycles. The minimum Gasteiger partial charge on any atom is -0.376 e. The van der Waals surface area contributed by atoms with Crippen molar-refractivity contribution in [3.05, 3.63) is 0 Å². The van der Waals surface area contributed by atoms with E-state index in [0.29, 0.717) is 32.9 Å². The fourth-order valence-corrected chi connectivity index (χ4v) is 1.83. The van der Waals surface area contributed by atoms with Crippen LogP contribution < -0.4 is 16.0 Å². The lowest BCUT2D eigenvalue weighted by molar-refractivity contribution is -0.126. The highest BCUT2D eigenvalue weighted by Crippen LogP contribution is 1.99. The predicted octanol–water partition coefficient (Wildman–Crippen LogP) is -1.92. The average molecular weight is 229 g/mol. The van der Waals surface area contributed by atoms with Crippen molar-refractivity contribution in [3.63, 3.8) is 0 Å². The molecule has 0 aliphatic carbocycles. The smallest absolute Gasteiger partial charge is 0.238 e. The van der Waals surface area contributed by atoms with Gasteiger partial charge >= 0.3 is 0 Å². The van der Waals surface area contributed by atoms with Crippen LogP contribution >= 0.6 is 0 Å². The minimum atomic E-state index is -0.127. The Morgan fingerprint density at radius 2 is 2.31 bits per heavy atom. The molecule has 2 saturated heterocycles. The molecule has 2 aliphatic rings. The molecular formula is C10H19N3O3. The molecule has 2 fully saturated rings. The monoisotopic (exact) mass is 229 g/mol. The van der Waals surface area contributed by atoms with Gasteiger partial charge in [0.05, 0.1) is 32.0 Å². The van der Waals surface area contributed by atoms with E-state index in [4.69, 9.17) is 9.47 Å². The van der Waals surface area contributed by atoms with Gasteiger partial charge in [0.1, 0.15) is 0 Å². The third kappa shape index (κ3) is 3.41. The Morgan fingerprint density at radius 3 is 3.00 bits per heavy atom. The van der Waals surface area contributed by atoms with Crippen LogP contribution in [0.4, 0.5) is 0 Å². The summed E-state index contributed by atoms with van der Waals surface area (Å²) in [6.07, 6.45) is -0.00532. The van der Waals surface area contributed by atoms with Gasteiger partial charge in [-0.3, -0.25) is 4.79 Å². The molecule has 92 valence electrons. The first kappa shape index (κ1) is 11.8. The second-order valence-corrected chi connectivity index (χ2v) is 4.02. The number of amides is 1. The lowest BCUT2D eigenvalue weighted by Crippen LogP contribution is -2.56. The highest BCUT2D eigenvalue weighted by atomic mass is 16.6. The number of carbonyl (C=O) groups excluding carboxylic acids is 1. The molecule has 0 bridgehead atoms. The van der Waals surface area contributed by atoms with E-state index in [9.17, 15) is 4.79 Å². The van der Waals surface area contributed by atoms with E-state index in [2.05, 4.69) is 16.0 Å². The van der Waals surface area contributed by atoms with Gasteiger partial charge in [0.25, 0.3) is 0 Å². The first-order chi connectivity index (χ1) is 7.86. The van der Waals surface area contributed by atoms with Crippen molar-refractivity contribution >= 4 is 5.91 Å². The molecule has 2 unspecified atom stereocenters. The van der Waals surface area contributed by atoms with Crippen LogP contribution in [0.2, 0.25) is 0 Å². The Labute approximate surface area is 95.1 Å². The van der Waals surface area contributed by atoms with Gasteiger partial charge in [0, 0.05) is 26.2 Å². The van der Waals surface area contributed by atoms with Gasteiger partial charge in [-0.25, -0.2) is 0 Å². The molecule has 2 aliphatic heterocycles. The maximum absolute atomic E-state index is 11.7. The molecule has 0 aromatic rings. The zero-order chi connectivity index (χ0) is 11.2. The van der Waals surface area contributed by atoms with E-state index in [1.165, 1.54) is 0 Å². The summed E-state index contributed by atoms with van der Waals surface area (Å²) in [6, 6.07) is -0.127. The van der Waals surface area contributed by atoms with Gasteiger partial charge in [0.15, 0.2) is 0 Å². The molecule has 0 aromatic heterocycles. The molecule has 6 heteroatoms. The van der Waals surface area contributed by atoms with Gasteiger partial charge < -0.3 is 25.4 Å².